The fourth-order valence-electron chi connectivity index (χ4n) is 2.27. The van der Waals surface area contributed by atoms with Crippen LogP contribution in [0.4, 0.5) is 13.2 Å². The Hall–Kier alpha value is -1.07. The van der Waals surface area contributed by atoms with Gasteiger partial charge in [0.25, 0.3) is 6.43 Å². The summed E-state index contributed by atoms with van der Waals surface area (Å²) in [5, 5.41) is 3.12. The summed E-state index contributed by atoms with van der Waals surface area (Å²) in [6, 6.07) is 3.37. The van der Waals surface area contributed by atoms with Gasteiger partial charge in [0.2, 0.25) is 0 Å². The van der Waals surface area contributed by atoms with Crippen LogP contribution in [0.5, 0.6) is 0 Å². The lowest BCUT2D eigenvalue weighted by atomic mass is 10.0. The molecular weight excluding hydrogens is 241 g/mol. The zero-order valence-corrected chi connectivity index (χ0v) is 10.3. The maximum absolute atomic E-state index is 13.5. The summed E-state index contributed by atoms with van der Waals surface area (Å²) in [7, 11) is 0. The predicted molar refractivity (Wildman–Crippen MR) is 64.3 cm³/mol. The fourth-order valence-corrected chi connectivity index (χ4v) is 2.27. The number of piperazine rings is 1. The molecule has 18 heavy (non-hydrogen) atoms. The molecule has 0 amide bonds. The van der Waals surface area contributed by atoms with Crippen LogP contribution in [0.2, 0.25) is 0 Å². The largest absolute Gasteiger partial charge is 0.314 e. The third-order valence-electron chi connectivity index (χ3n) is 3.32. The molecule has 0 saturated carbocycles. The van der Waals surface area contributed by atoms with Crippen molar-refractivity contribution in [2.24, 2.45) is 0 Å². The van der Waals surface area contributed by atoms with Gasteiger partial charge in [-0.15, -0.1) is 0 Å². The Morgan fingerprint density at radius 3 is 2.44 bits per heavy atom. The van der Waals surface area contributed by atoms with Crippen molar-refractivity contribution < 1.29 is 13.2 Å². The number of hydrogen-bond acceptors (Lipinski definition) is 2. The first kappa shape index (κ1) is 13.4. The number of hydrogen-bond donors (Lipinski definition) is 1. The summed E-state index contributed by atoms with van der Waals surface area (Å²) < 4.78 is 39.9. The molecule has 2 nitrogen and oxygen atoms in total. The third kappa shape index (κ3) is 2.84. The zero-order valence-electron chi connectivity index (χ0n) is 10.3. The number of aryl methyl sites for hydroxylation is 1. The maximum atomic E-state index is 13.5. The van der Waals surface area contributed by atoms with Crippen LogP contribution >= 0.6 is 0 Å². The molecule has 0 bridgehead atoms. The lowest BCUT2D eigenvalue weighted by Crippen LogP contribution is -2.46. The molecule has 1 aliphatic heterocycles. The molecule has 5 heteroatoms. The summed E-state index contributed by atoms with van der Waals surface area (Å²) in [5.74, 6) is -0.423. The van der Waals surface area contributed by atoms with Gasteiger partial charge in [0.05, 0.1) is 6.04 Å². The van der Waals surface area contributed by atoms with Crippen LogP contribution in [-0.2, 0) is 0 Å². The van der Waals surface area contributed by atoms with Gasteiger partial charge >= 0.3 is 0 Å². The molecule has 0 aromatic heterocycles. The van der Waals surface area contributed by atoms with Gasteiger partial charge in [0.1, 0.15) is 5.82 Å². The first-order valence-corrected chi connectivity index (χ1v) is 6.08. The second kappa shape index (κ2) is 5.71. The molecule has 100 valence electrons. The maximum Gasteiger partial charge on any atom is 0.258 e. The van der Waals surface area contributed by atoms with Crippen LogP contribution in [0.3, 0.4) is 0 Å². The molecule has 0 unspecified atom stereocenters. The SMILES string of the molecule is Cc1ccc([C@@H](C(F)F)N2CCNCC2)cc1F. The average molecular weight is 258 g/mol. The number of rotatable bonds is 3. The zero-order chi connectivity index (χ0) is 13.1. The fraction of sp³-hybridized carbons (Fsp3) is 0.538. The van der Waals surface area contributed by atoms with Gasteiger partial charge < -0.3 is 5.32 Å². The Bertz CT molecular complexity index is 403. The minimum absolute atomic E-state index is 0.356. The highest BCUT2D eigenvalue weighted by molar-refractivity contribution is 5.26. The van der Waals surface area contributed by atoms with Crippen molar-refractivity contribution in [3.8, 4) is 0 Å². The topological polar surface area (TPSA) is 15.3 Å². The molecule has 1 aromatic rings. The van der Waals surface area contributed by atoms with E-state index >= 15 is 0 Å². The molecule has 1 fully saturated rings. The molecular formula is C13H17F3N2. The molecule has 0 aliphatic carbocycles. The Labute approximate surface area is 105 Å². The van der Waals surface area contributed by atoms with Crippen LogP contribution in [0.25, 0.3) is 0 Å². The molecule has 2 rings (SSSR count). The van der Waals surface area contributed by atoms with Gasteiger partial charge in [-0.05, 0) is 24.1 Å². The van der Waals surface area contributed by atoms with Gasteiger partial charge in [0.15, 0.2) is 0 Å². The molecule has 1 saturated heterocycles. The van der Waals surface area contributed by atoms with E-state index in [0.29, 0.717) is 37.3 Å². The van der Waals surface area contributed by atoms with E-state index in [9.17, 15) is 13.2 Å². The van der Waals surface area contributed by atoms with Crippen LogP contribution in [-0.4, -0.2) is 37.5 Å². The number of halogens is 3. The first-order valence-electron chi connectivity index (χ1n) is 6.08. The molecule has 1 heterocycles. The lowest BCUT2D eigenvalue weighted by Gasteiger charge is -2.34. The molecule has 0 spiro atoms. The van der Waals surface area contributed by atoms with E-state index in [0.717, 1.165) is 0 Å². The highest BCUT2D eigenvalue weighted by Crippen LogP contribution is 2.28. The summed E-state index contributed by atoms with van der Waals surface area (Å²) >= 11 is 0. The van der Waals surface area contributed by atoms with Crippen molar-refractivity contribution in [2.45, 2.75) is 19.4 Å². The molecule has 1 atom stereocenters. The van der Waals surface area contributed by atoms with Gasteiger partial charge in [-0.1, -0.05) is 12.1 Å². The van der Waals surface area contributed by atoms with Crippen LogP contribution < -0.4 is 5.32 Å². The highest BCUT2D eigenvalue weighted by atomic mass is 19.3. The quantitative estimate of drug-likeness (QED) is 0.895. The molecule has 1 aromatic carbocycles. The molecule has 1 N–H and O–H groups in total. The lowest BCUT2D eigenvalue weighted by molar-refractivity contribution is 0.0180. The summed E-state index contributed by atoms with van der Waals surface area (Å²) in [5.41, 5.74) is 0.835. The van der Waals surface area contributed by atoms with Gasteiger partial charge in [-0.25, -0.2) is 13.2 Å². The monoisotopic (exact) mass is 258 g/mol. The molecule has 1 aliphatic rings. The Morgan fingerprint density at radius 1 is 1.22 bits per heavy atom. The van der Waals surface area contributed by atoms with Crippen LogP contribution in [0.15, 0.2) is 18.2 Å². The van der Waals surface area contributed by atoms with Gasteiger partial charge in [0, 0.05) is 26.2 Å². The van der Waals surface area contributed by atoms with Crippen molar-refractivity contribution >= 4 is 0 Å². The number of alkyl halides is 2. The van der Waals surface area contributed by atoms with E-state index in [4.69, 9.17) is 0 Å². The molecule has 0 radical (unpaired) electrons. The first-order chi connectivity index (χ1) is 8.59. The number of nitrogens with one attached hydrogen (secondary N) is 1. The van der Waals surface area contributed by atoms with Crippen molar-refractivity contribution in [1.29, 1.82) is 0 Å². The Kier molecular flexibility index (Phi) is 4.24. The average Bonchev–Trinajstić information content (AvgIpc) is 2.35. The van der Waals surface area contributed by atoms with E-state index in [2.05, 4.69) is 5.32 Å². The van der Waals surface area contributed by atoms with Crippen molar-refractivity contribution in [2.75, 3.05) is 26.2 Å². The second-order valence-electron chi connectivity index (χ2n) is 4.57. The summed E-state index contributed by atoms with van der Waals surface area (Å²) in [6.45, 7) is 4.13. The van der Waals surface area contributed by atoms with Crippen LogP contribution in [0, 0.1) is 12.7 Å². The minimum Gasteiger partial charge on any atom is -0.314 e. The van der Waals surface area contributed by atoms with E-state index in [1.807, 2.05) is 0 Å². The van der Waals surface area contributed by atoms with E-state index in [1.54, 1.807) is 24.0 Å². The minimum atomic E-state index is -2.51. The number of nitrogens with zero attached hydrogens (tertiary/aromatic N) is 1. The van der Waals surface area contributed by atoms with Crippen molar-refractivity contribution in [3.63, 3.8) is 0 Å². The summed E-state index contributed by atoms with van der Waals surface area (Å²) in [4.78, 5) is 1.71. The van der Waals surface area contributed by atoms with E-state index in [1.165, 1.54) is 6.07 Å². The predicted octanol–water partition coefficient (Wildman–Crippen LogP) is 2.35. The van der Waals surface area contributed by atoms with Crippen molar-refractivity contribution in [1.82, 2.24) is 10.2 Å². The Balaban J connectivity index is 2.25. The Morgan fingerprint density at radius 2 is 1.89 bits per heavy atom. The smallest absolute Gasteiger partial charge is 0.258 e. The highest BCUT2D eigenvalue weighted by Gasteiger charge is 2.30. The van der Waals surface area contributed by atoms with E-state index in [-0.39, 0.29) is 0 Å². The van der Waals surface area contributed by atoms with Crippen LogP contribution in [0.1, 0.15) is 17.2 Å². The van der Waals surface area contributed by atoms with Gasteiger partial charge in [-0.3, -0.25) is 4.90 Å². The second-order valence-corrected chi connectivity index (χ2v) is 4.57. The summed E-state index contributed by atoms with van der Waals surface area (Å²) in [6.07, 6.45) is -2.51. The number of benzene rings is 1. The van der Waals surface area contributed by atoms with Gasteiger partial charge in [-0.2, -0.15) is 0 Å². The van der Waals surface area contributed by atoms with Crippen molar-refractivity contribution in [3.05, 3.63) is 35.1 Å². The normalized spacial score (nSPS) is 19.2. The third-order valence-corrected chi connectivity index (χ3v) is 3.32. The van der Waals surface area contributed by atoms with E-state index < -0.39 is 18.3 Å². The standard InChI is InChI=1S/C13H17F3N2/c1-9-2-3-10(8-11(9)14)12(13(15)16)18-6-4-17-5-7-18/h2-3,8,12-13,17H,4-7H2,1H3/t12-/m0/s1.